The van der Waals surface area contributed by atoms with Crippen LogP contribution in [0.25, 0.3) is 0 Å². The van der Waals surface area contributed by atoms with Crippen molar-refractivity contribution in [3.8, 4) is 0 Å². The first-order valence-electron chi connectivity index (χ1n) is 6.36. The van der Waals surface area contributed by atoms with E-state index in [9.17, 15) is 0 Å². The minimum atomic E-state index is 0.693. The fourth-order valence-electron chi connectivity index (χ4n) is 2.22. The van der Waals surface area contributed by atoms with E-state index < -0.39 is 0 Å². The lowest BCUT2D eigenvalue weighted by molar-refractivity contribution is 0.330. The number of nitrogens with zero attached hydrogens (tertiary/aromatic N) is 3. The van der Waals surface area contributed by atoms with Crippen LogP contribution in [-0.2, 0) is 13.6 Å². The zero-order chi connectivity index (χ0) is 12.1. The molecule has 1 aliphatic heterocycles. The first-order valence-corrected chi connectivity index (χ1v) is 6.74. The molecule has 0 saturated carbocycles. The maximum absolute atomic E-state index is 5.92. The zero-order valence-electron chi connectivity index (χ0n) is 10.5. The van der Waals surface area contributed by atoms with Gasteiger partial charge in [-0.25, -0.2) is 4.98 Å². The Balaban J connectivity index is 1.58. The second-order valence-corrected chi connectivity index (χ2v) is 5.02. The highest BCUT2D eigenvalue weighted by Crippen LogP contribution is 2.09. The van der Waals surface area contributed by atoms with E-state index in [4.69, 9.17) is 11.6 Å². The van der Waals surface area contributed by atoms with Crippen LogP contribution in [0.3, 0.4) is 0 Å². The molecule has 0 aliphatic carbocycles. The van der Waals surface area contributed by atoms with Gasteiger partial charge in [-0.3, -0.25) is 0 Å². The van der Waals surface area contributed by atoms with Crippen molar-refractivity contribution in [3.05, 3.63) is 17.2 Å². The van der Waals surface area contributed by atoms with Gasteiger partial charge in [0, 0.05) is 7.05 Å². The van der Waals surface area contributed by atoms with Gasteiger partial charge in [0.2, 0.25) is 0 Å². The lowest BCUT2D eigenvalue weighted by Gasteiger charge is -2.14. The molecule has 0 aromatic carbocycles. The molecule has 1 aromatic rings. The van der Waals surface area contributed by atoms with Crippen LogP contribution < -0.4 is 5.32 Å². The molecule has 1 aromatic heterocycles. The largest absolute Gasteiger partial charge is 0.321 e. The van der Waals surface area contributed by atoms with Crippen molar-refractivity contribution in [2.75, 3.05) is 26.2 Å². The molecule has 0 bridgehead atoms. The predicted molar refractivity (Wildman–Crippen MR) is 70.2 cm³/mol. The summed E-state index contributed by atoms with van der Waals surface area (Å²) in [5.74, 6) is 0.996. The summed E-state index contributed by atoms with van der Waals surface area (Å²) in [5.41, 5.74) is 0. The molecule has 17 heavy (non-hydrogen) atoms. The highest BCUT2D eigenvalue weighted by molar-refractivity contribution is 6.29. The Labute approximate surface area is 108 Å². The van der Waals surface area contributed by atoms with E-state index in [1.807, 2.05) is 11.6 Å². The van der Waals surface area contributed by atoms with E-state index in [0.717, 1.165) is 18.9 Å². The lowest BCUT2D eigenvalue weighted by atomic mass is 10.4. The van der Waals surface area contributed by atoms with Crippen molar-refractivity contribution in [1.82, 2.24) is 19.8 Å². The standard InChI is InChI=1S/C12H21ClN4/c1-16-11(13)9-15-12(16)10-14-5-4-8-17-6-2-3-7-17/h9,14H,2-8,10H2,1H3. The van der Waals surface area contributed by atoms with Gasteiger partial charge in [0.25, 0.3) is 0 Å². The number of hydrogen-bond acceptors (Lipinski definition) is 3. The molecule has 1 fully saturated rings. The van der Waals surface area contributed by atoms with E-state index in [0.29, 0.717) is 5.15 Å². The molecular weight excluding hydrogens is 236 g/mol. The predicted octanol–water partition coefficient (Wildman–Crippen LogP) is 1.65. The summed E-state index contributed by atoms with van der Waals surface area (Å²) in [6.07, 6.45) is 5.65. The Bertz CT molecular complexity index is 344. The molecule has 1 aliphatic rings. The van der Waals surface area contributed by atoms with E-state index >= 15 is 0 Å². The van der Waals surface area contributed by atoms with Crippen LogP contribution in [0.15, 0.2) is 6.20 Å². The number of hydrogen-bond donors (Lipinski definition) is 1. The van der Waals surface area contributed by atoms with E-state index in [1.165, 1.54) is 38.9 Å². The Hall–Kier alpha value is -0.580. The second-order valence-electron chi connectivity index (χ2n) is 4.64. The summed E-state index contributed by atoms with van der Waals surface area (Å²) in [5, 5.41) is 4.10. The summed E-state index contributed by atoms with van der Waals surface area (Å²) in [7, 11) is 1.94. The van der Waals surface area contributed by atoms with Gasteiger partial charge in [0.05, 0.1) is 12.7 Å². The molecule has 0 amide bonds. The molecule has 1 N–H and O–H groups in total. The van der Waals surface area contributed by atoms with Gasteiger partial charge in [-0.1, -0.05) is 11.6 Å². The average molecular weight is 257 g/mol. The van der Waals surface area contributed by atoms with Gasteiger partial charge in [0.15, 0.2) is 0 Å². The van der Waals surface area contributed by atoms with Crippen LogP contribution in [0.1, 0.15) is 25.1 Å². The van der Waals surface area contributed by atoms with Crippen LogP contribution in [-0.4, -0.2) is 40.6 Å². The van der Waals surface area contributed by atoms with Crippen LogP contribution in [0, 0.1) is 0 Å². The van der Waals surface area contributed by atoms with Crippen LogP contribution >= 0.6 is 11.6 Å². The minimum absolute atomic E-state index is 0.693. The van der Waals surface area contributed by atoms with Crippen molar-refractivity contribution in [2.24, 2.45) is 7.05 Å². The molecular formula is C12H21ClN4. The van der Waals surface area contributed by atoms with E-state index in [2.05, 4.69) is 15.2 Å². The minimum Gasteiger partial charge on any atom is -0.321 e. The summed E-state index contributed by atoms with van der Waals surface area (Å²) in [4.78, 5) is 6.79. The van der Waals surface area contributed by atoms with Gasteiger partial charge < -0.3 is 14.8 Å². The van der Waals surface area contributed by atoms with Crippen molar-refractivity contribution in [3.63, 3.8) is 0 Å². The summed E-state index contributed by atoms with van der Waals surface area (Å²) >= 11 is 5.92. The fourth-order valence-corrected chi connectivity index (χ4v) is 2.37. The first-order chi connectivity index (χ1) is 8.27. The normalized spacial score (nSPS) is 16.8. The third kappa shape index (κ3) is 3.69. The molecule has 0 unspecified atom stereocenters. The molecule has 0 radical (unpaired) electrons. The lowest BCUT2D eigenvalue weighted by Crippen LogP contribution is -2.25. The van der Waals surface area contributed by atoms with E-state index in [-0.39, 0.29) is 0 Å². The molecule has 0 atom stereocenters. The van der Waals surface area contributed by atoms with Crippen LogP contribution in [0.2, 0.25) is 5.15 Å². The molecule has 2 rings (SSSR count). The molecule has 4 nitrogen and oxygen atoms in total. The maximum Gasteiger partial charge on any atom is 0.128 e. The molecule has 0 spiro atoms. The number of halogens is 1. The van der Waals surface area contributed by atoms with Gasteiger partial charge >= 0.3 is 0 Å². The van der Waals surface area contributed by atoms with Gasteiger partial charge in [-0.15, -0.1) is 0 Å². The van der Waals surface area contributed by atoms with Crippen molar-refractivity contribution >= 4 is 11.6 Å². The van der Waals surface area contributed by atoms with Crippen molar-refractivity contribution in [2.45, 2.75) is 25.8 Å². The molecule has 1 saturated heterocycles. The van der Waals surface area contributed by atoms with Gasteiger partial charge in [-0.05, 0) is 45.4 Å². The third-order valence-electron chi connectivity index (χ3n) is 3.34. The number of imidazole rings is 1. The summed E-state index contributed by atoms with van der Waals surface area (Å²) in [6, 6.07) is 0. The van der Waals surface area contributed by atoms with Gasteiger partial charge in [0.1, 0.15) is 11.0 Å². The Kier molecular flexibility index (Phi) is 4.83. The Morgan fingerprint density at radius 1 is 1.41 bits per heavy atom. The monoisotopic (exact) mass is 256 g/mol. The molecule has 2 heterocycles. The van der Waals surface area contributed by atoms with Crippen molar-refractivity contribution < 1.29 is 0 Å². The van der Waals surface area contributed by atoms with Gasteiger partial charge in [-0.2, -0.15) is 0 Å². The fraction of sp³-hybridized carbons (Fsp3) is 0.750. The van der Waals surface area contributed by atoms with Crippen LogP contribution in [0.5, 0.6) is 0 Å². The molecule has 96 valence electrons. The quantitative estimate of drug-likeness (QED) is 0.786. The first kappa shape index (κ1) is 12.9. The Morgan fingerprint density at radius 3 is 2.82 bits per heavy atom. The zero-order valence-corrected chi connectivity index (χ0v) is 11.2. The van der Waals surface area contributed by atoms with E-state index in [1.54, 1.807) is 6.20 Å². The van der Waals surface area contributed by atoms with Crippen LogP contribution in [0.4, 0.5) is 0 Å². The summed E-state index contributed by atoms with van der Waals surface area (Å²) in [6.45, 7) is 5.63. The average Bonchev–Trinajstić information content (AvgIpc) is 2.93. The number of aromatic nitrogens is 2. The third-order valence-corrected chi connectivity index (χ3v) is 3.69. The maximum atomic E-state index is 5.92. The highest BCUT2D eigenvalue weighted by Gasteiger charge is 2.10. The topological polar surface area (TPSA) is 33.1 Å². The van der Waals surface area contributed by atoms with Crippen molar-refractivity contribution in [1.29, 1.82) is 0 Å². The number of likely N-dealkylation sites (tertiary alicyclic amines) is 1. The summed E-state index contributed by atoms with van der Waals surface area (Å²) < 4.78 is 1.91. The molecule has 5 heteroatoms. The smallest absolute Gasteiger partial charge is 0.128 e. The Morgan fingerprint density at radius 2 is 2.18 bits per heavy atom. The highest BCUT2D eigenvalue weighted by atomic mass is 35.5. The number of nitrogens with one attached hydrogen (secondary N) is 1. The second kappa shape index (κ2) is 6.38. The SMILES string of the molecule is Cn1c(Cl)cnc1CNCCCN1CCCC1. The number of rotatable bonds is 6.